The van der Waals surface area contributed by atoms with Crippen molar-refractivity contribution in [3.8, 4) is 28.5 Å². The van der Waals surface area contributed by atoms with E-state index in [1.54, 1.807) is 48.5 Å². The number of nitrogens with zero attached hydrogens (tertiary/aromatic N) is 5. The largest absolute Gasteiger partial charge is 0.499 e. The van der Waals surface area contributed by atoms with Crippen LogP contribution in [0.3, 0.4) is 0 Å². The van der Waals surface area contributed by atoms with Crippen molar-refractivity contribution in [1.29, 1.82) is 0 Å². The molecule has 216 valence electrons. The number of anilines is 2. The molecule has 16 heteroatoms. The van der Waals surface area contributed by atoms with Crippen LogP contribution in [-0.4, -0.2) is 42.9 Å². The fourth-order valence-corrected chi connectivity index (χ4v) is 4.20. The standard InChI is InChI=1S/C26H16Cl2F5N7O2/c27-19-2-1-3-20(28)22(19)40-21(12-13-35-40)37-24(41)36-16-6-4-15(5-7-16)23-34-14-39(38-23)17-8-10-18(11-9-17)42-26(32,33)25(29,30)31/h1-14H,(H2,36,37,41). The Bertz CT molecular complexity index is 1700. The van der Waals surface area contributed by atoms with Gasteiger partial charge in [-0.05, 0) is 60.7 Å². The number of halogens is 7. The Morgan fingerprint density at radius 1 is 0.857 bits per heavy atom. The number of carbonyl (C=O) groups excluding carboxylic acids is 1. The molecule has 5 aromatic rings. The number of amides is 2. The van der Waals surface area contributed by atoms with Crippen LogP contribution in [0.2, 0.25) is 10.0 Å². The number of para-hydroxylation sites is 1. The molecule has 0 aliphatic carbocycles. The number of aromatic nitrogens is 5. The van der Waals surface area contributed by atoms with Gasteiger partial charge in [0.15, 0.2) is 5.82 Å². The molecule has 0 saturated carbocycles. The molecule has 2 heterocycles. The first-order chi connectivity index (χ1) is 19.9. The normalized spacial score (nSPS) is 11.8. The van der Waals surface area contributed by atoms with Crippen LogP contribution in [0.15, 0.2) is 85.3 Å². The Hall–Kier alpha value is -4.69. The number of carbonyl (C=O) groups is 1. The number of hydrogen-bond donors (Lipinski definition) is 2. The maximum Gasteiger partial charge on any atom is 0.499 e. The molecule has 2 N–H and O–H groups in total. The number of hydrogen-bond acceptors (Lipinski definition) is 5. The van der Waals surface area contributed by atoms with Gasteiger partial charge in [-0.15, -0.1) is 5.10 Å². The lowest BCUT2D eigenvalue weighted by Crippen LogP contribution is -2.41. The van der Waals surface area contributed by atoms with Gasteiger partial charge in [-0.25, -0.2) is 19.1 Å². The van der Waals surface area contributed by atoms with E-state index in [0.29, 0.717) is 38.5 Å². The van der Waals surface area contributed by atoms with E-state index in [1.165, 1.54) is 34.0 Å². The number of benzene rings is 3. The zero-order valence-corrected chi connectivity index (χ0v) is 22.3. The first-order valence-electron chi connectivity index (χ1n) is 11.7. The quantitative estimate of drug-likeness (QED) is 0.182. The third-order valence-corrected chi connectivity index (χ3v) is 6.21. The average Bonchev–Trinajstić information content (AvgIpc) is 3.59. The van der Waals surface area contributed by atoms with Crippen LogP contribution in [0.5, 0.6) is 5.75 Å². The topological polar surface area (TPSA) is 98.9 Å². The second kappa shape index (κ2) is 11.3. The molecule has 0 radical (unpaired) electrons. The minimum atomic E-state index is -5.85. The highest BCUT2D eigenvalue weighted by Crippen LogP contribution is 2.37. The van der Waals surface area contributed by atoms with E-state index in [0.717, 1.165) is 12.1 Å². The van der Waals surface area contributed by atoms with Gasteiger partial charge in [0, 0.05) is 17.3 Å². The summed E-state index contributed by atoms with van der Waals surface area (Å²) in [5.74, 6) is -0.0661. The maximum atomic E-state index is 13.1. The highest BCUT2D eigenvalue weighted by molar-refractivity contribution is 6.37. The van der Waals surface area contributed by atoms with Crippen LogP contribution < -0.4 is 15.4 Å². The molecule has 2 aromatic heterocycles. The first-order valence-corrected chi connectivity index (χ1v) is 12.5. The highest BCUT2D eigenvalue weighted by Gasteiger charge is 2.61. The van der Waals surface area contributed by atoms with Crippen molar-refractivity contribution in [3.05, 3.63) is 95.4 Å². The second-order valence-electron chi connectivity index (χ2n) is 8.48. The fraction of sp³-hybridized carbons (Fsp3) is 0.0769. The van der Waals surface area contributed by atoms with Gasteiger partial charge in [-0.2, -0.15) is 27.1 Å². The predicted octanol–water partition coefficient (Wildman–Crippen LogP) is 7.60. The Morgan fingerprint density at radius 3 is 2.17 bits per heavy atom. The van der Waals surface area contributed by atoms with Gasteiger partial charge < -0.3 is 10.1 Å². The van der Waals surface area contributed by atoms with Crippen molar-refractivity contribution in [3.63, 3.8) is 0 Å². The van der Waals surface area contributed by atoms with E-state index in [2.05, 4.69) is 30.6 Å². The molecule has 0 bridgehead atoms. The molecule has 3 aromatic carbocycles. The number of rotatable bonds is 7. The minimum Gasteiger partial charge on any atom is -0.426 e. The lowest BCUT2D eigenvalue weighted by Gasteiger charge is -2.20. The fourth-order valence-electron chi connectivity index (χ4n) is 3.64. The Kier molecular flexibility index (Phi) is 7.75. The summed E-state index contributed by atoms with van der Waals surface area (Å²) in [6.07, 6.45) is -8.37. The summed E-state index contributed by atoms with van der Waals surface area (Å²) in [5, 5.41) is 14.5. The van der Waals surface area contributed by atoms with Crippen molar-refractivity contribution in [1.82, 2.24) is 24.5 Å². The van der Waals surface area contributed by atoms with E-state index < -0.39 is 24.1 Å². The summed E-state index contributed by atoms with van der Waals surface area (Å²) in [6.45, 7) is 0. The summed E-state index contributed by atoms with van der Waals surface area (Å²) in [5.41, 5.74) is 1.77. The molecule has 0 atom stereocenters. The van der Waals surface area contributed by atoms with E-state index in [-0.39, 0.29) is 5.82 Å². The summed E-state index contributed by atoms with van der Waals surface area (Å²) < 4.78 is 69.8. The predicted molar refractivity (Wildman–Crippen MR) is 145 cm³/mol. The van der Waals surface area contributed by atoms with Gasteiger partial charge in [0.1, 0.15) is 23.6 Å². The number of alkyl halides is 5. The van der Waals surface area contributed by atoms with E-state index in [9.17, 15) is 26.7 Å². The number of ether oxygens (including phenoxy) is 1. The molecule has 0 aliphatic rings. The van der Waals surface area contributed by atoms with E-state index >= 15 is 0 Å². The summed E-state index contributed by atoms with van der Waals surface area (Å²) >= 11 is 12.5. The molecule has 0 fully saturated rings. The molecule has 9 nitrogen and oxygen atoms in total. The van der Waals surface area contributed by atoms with Crippen molar-refractivity contribution >= 4 is 40.7 Å². The monoisotopic (exact) mass is 623 g/mol. The van der Waals surface area contributed by atoms with Crippen LogP contribution >= 0.6 is 23.2 Å². The number of urea groups is 1. The van der Waals surface area contributed by atoms with Crippen molar-refractivity contribution in [2.45, 2.75) is 12.3 Å². The summed E-state index contributed by atoms with van der Waals surface area (Å²) in [4.78, 5) is 16.8. The molecule has 42 heavy (non-hydrogen) atoms. The Morgan fingerprint density at radius 2 is 1.52 bits per heavy atom. The van der Waals surface area contributed by atoms with E-state index in [4.69, 9.17) is 23.2 Å². The van der Waals surface area contributed by atoms with Gasteiger partial charge in [0.25, 0.3) is 0 Å². The van der Waals surface area contributed by atoms with Crippen LogP contribution in [0.1, 0.15) is 0 Å². The van der Waals surface area contributed by atoms with Crippen LogP contribution in [-0.2, 0) is 0 Å². The minimum absolute atomic E-state index is 0.287. The average molecular weight is 624 g/mol. The second-order valence-corrected chi connectivity index (χ2v) is 9.29. The zero-order valence-electron chi connectivity index (χ0n) is 20.8. The maximum absolute atomic E-state index is 13.1. The van der Waals surface area contributed by atoms with Crippen molar-refractivity contribution < 1.29 is 31.5 Å². The van der Waals surface area contributed by atoms with Gasteiger partial charge in [0.05, 0.1) is 21.9 Å². The van der Waals surface area contributed by atoms with E-state index in [1.807, 2.05) is 0 Å². The SMILES string of the molecule is O=C(Nc1ccc(-c2ncn(-c3ccc(OC(F)(F)C(F)(F)F)cc3)n2)cc1)Nc1ccnn1-c1c(Cl)cccc1Cl. The van der Waals surface area contributed by atoms with Gasteiger partial charge in [-0.1, -0.05) is 29.3 Å². The smallest absolute Gasteiger partial charge is 0.426 e. The highest BCUT2D eigenvalue weighted by atomic mass is 35.5. The van der Waals surface area contributed by atoms with Gasteiger partial charge >= 0.3 is 18.3 Å². The van der Waals surface area contributed by atoms with Crippen molar-refractivity contribution in [2.24, 2.45) is 0 Å². The third kappa shape index (κ3) is 6.14. The Labute approximate surface area is 243 Å². The molecule has 5 rings (SSSR count). The summed E-state index contributed by atoms with van der Waals surface area (Å²) in [6, 6.07) is 16.9. The van der Waals surface area contributed by atoms with Crippen LogP contribution in [0.4, 0.5) is 38.3 Å². The lowest BCUT2D eigenvalue weighted by molar-refractivity contribution is -0.360. The zero-order chi connectivity index (χ0) is 30.1. The van der Waals surface area contributed by atoms with Crippen molar-refractivity contribution in [2.75, 3.05) is 10.6 Å². The molecule has 2 amide bonds. The molecule has 0 aliphatic heterocycles. The molecule has 0 spiro atoms. The van der Waals surface area contributed by atoms with Gasteiger partial charge in [-0.3, -0.25) is 5.32 Å². The molecule has 0 unspecified atom stereocenters. The van der Waals surface area contributed by atoms with Gasteiger partial charge in [0.2, 0.25) is 0 Å². The molecular formula is C26H16Cl2F5N7O2. The first kappa shape index (κ1) is 28.8. The number of nitrogens with one attached hydrogen (secondary N) is 2. The Balaban J connectivity index is 1.23. The van der Waals surface area contributed by atoms with Crippen LogP contribution in [0.25, 0.3) is 22.8 Å². The summed E-state index contributed by atoms with van der Waals surface area (Å²) in [7, 11) is 0. The van der Waals surface area contributed by atoms with Crippen LogP contribution in [0, 0.1) is 0 Å². The molecule has 0 saturated heterocycles. The lowest BCUT2D eigenvalue weighted by atomic mass is 10.2. The molecular weight excluding hydrogens is 608 g/mol. The third-order valence-electron chi connectivity index (χ3n) is 5.60.